The summed E-state index contributed by atoms with van der Waals surface area (Å²) in [7, 11) is -3.42. The number of piperazine rings is 2. The summed E-state index contributed by atoms with van der Waals surface area (Å²) in [6, 6.07) is 46.2. The van der Waals surface area contributed by atoms with Gasteiger partial charge in [-0.2, -0.15) is 30.6 Å². The van der Waals surface area contributed by atoms with E-state index in [4.69, 9.17) is 0 Å². The Morgan fingerprint density at radius 2 is 0.970 bits per heavy atom. The Kier molecular flexibility index (Phi) is 15.3. The molecule has 2 saturated heterocycles. The monoisotopic (exact) mass is 938 g/mol. The van der Waals surface area contributed by atoms with Crippen LogP contribution < -0.4 is 5.32 Å². The van der Waals surface area contributed by atoms with Crippen LogP contribution in [0.3, 0.4) is 0 Å². The Balaban J connectivity index is 0.000000188. The molecule has 6 aromatic rings. The first-order valence-corrected chi connectivity index (χ1v) is 24.5. The highest BCUT2D eigenvalue weighted by atomic mass is 32.2. The zero-order valence-corrected chi connectivity index (χ0v) is 38.1. The second-order valence-corrected chi connectivity index (χ2v) is 19.9. The number of nitrogens with zero attached hydrogens (tertiary/aromatic N) is 3. The highest BCUT2D eigenvalue weighted by Crippen LogP contribution is 2.39. The molecule has 352 valence electrons. The molecule has 2 aliphatic heterocycles. The van der Waals surface area contributed by atoms with E-state index in [2.05, 4.69) is 27.2 Å². The predicted octanol–water partition coefficient (Wildman–Crippen LogP) is 12.4. The van der Waals surface area contributed by atoms with Gasteiger partial charge in [-0.1, -0.05) is 165 Å². The number of benzene rings is 6. The van der Waals surface area contributed by atoms with Crippen molar-refractivity contribution in [3.8, 4) is 22.3 Å². The van der Waals surface area contributed by atoms with Crippen LogP contribution in [0.2, 0.25) is 0 Å². The normalized spacial score (nSPS) is 19.4. The lowest BCUT2D eigenvalue weighted by Gasteiger charge is -2.42. The van der Waals surface area contributed by atoms with E-state index in [1.165, 1.54) is 29.8 Å². The van der Waals surface area contributed by atoms with Crippen molar-refractivity contribution in [2.45, 2.75) is 74.9 Å². The number of rotatable bonds is 10. The smallest absolute Gasteiger partial charge is 0.308 e. The lowest BCUT2D eigenvalue weighted by Crippen LogP contribution is -2.52. The summed E-state index contributed by atoms with van der Waals surface area (Å²) in [6.07, 6.45) is -4.29. The molecule has 0 spiro atoms. The van der Waals surface area contributed by atoms with Gasteiger partial charge in [0.15, 0.2) is 0 Å². The fourth-order valence-electron chi connectivity index (χ4n) is 9.70. The summed E-state index contributed by atoms with van der Waals surface area (Å²) < 4.78 is 109. The first kappa shape index (κ1) is 48.2. The summed E-state index contributed by atoms with van der Waals surface area (Å²) >= 11 is 0. The molecular weight excluding hydrogens is 883 g/mol. The summed E-state index contributed by atoms with van der Waals surface area (Å²) in [5.41, 5.74) is 4.59. The third-order valence-corrected chi connectivity index (χ3v) is 15.6. The summed E-state index contributed by atoms with van der Waals surface area (Å²) in [5.74, 6) is 0. The zero-order chi connectivity index (χ0) is 47.0. The molecule has 1 saturated carbocycles. The van der Waals surface area contributed by atoms with E-state index in [-0.39, 0.29) is 22.4 Å². The van der Waals surface area contributed by atoms with Crippen molar-refractivity contribution in [1.29, 1.82) is 0 Å². The number of halogens is 6. The van der Waals surface area contributed by atoms with Crippen molar-refractivity contribution < 1.29 is 34.8 Å². The maximum atomic E-state index is 13.7. The van der Waals surface area contributed by atoms with E-state index >= 15 is 0 Å². The van der Waals surface area contributed by atoms with Gasteiger partial charge in [-0.3, -0.25) is 9.80 Å². The molecule has 6 aromatic carbocycles. The van der Waals surface area contributed by atoms with Crippen LogP contribution in [0.15, 0.2) is 158 Å². The van der Waals surface area contributed by atoms with Crippen LogP contribution in [0.1, 0.15) is 77.6 Å². The van der Waals surface area contributed by atoms with E-state index in [9.17, 15) is 34.8 Å². The topological polar surface area (TPSA) is 55.9 Å². The van der Waals surface area contributed by atoms with E-state index < -0.39 is 33.5 Å². The molecule has 0 bridgehead atoms. The van der Waals surface area contributed by atoms with E-state index in [1.807, 2.05) is 72.8 Å². The van der Waals surface area contributed by atoms with Crippen LogP contribution in [0, 0.1) is 0 Å². The third kappa shape index (κ3) is 12.1. The van der Waals surface area contributed by atoms with Crippen molar-refractivity contribution >= 4 is 10.0 Å². The van der Waals surface area contributed by atoms with Crippen molar-refractivity contribution in [2.75, 3.05) is 39.3 Å². The minimum Gasteiger partial charge on any atom is -0.308 e. The van der Waals surface area contributed by atoms with Crippen molar-refractivity contribution in [1.82, 2.24) is 19.4 Å². The molecule has 13 heteroatoms. The Morgan fingerprint density at radius 1 is 0.507 bits per heavy atom. The Morgan fingerprint density at radius 3 is 1.48 bits per heavy atom. The van der Waals surface area contributed by atoms with Crippen LogP contribution in [0.5, 0.6) is 0 Å². The lowest BCUT2D eigenvalue weighted by atomic mass is 9.98. The fraction of sp³-hybridized carbons (Fsp3) is 0.333. The molecule has 2 atom stereocenters. The third-order valence-electron chi connectivity index (χ3n) is 13.2. The van der Waals surface area contributed by atoms with Crippen LogP contribution in [-0.4, -0.2) is 67.0 Å². The molecule has 6 nitrogen and oxygen atoms in total. The van der Waals surface area contributed by atoms with Crippen LogP contribution in [0.4, 0.5) is 26.3 Å². The van der Waals surface area contributed by atoms with Crippen LogP contribution in [0.25, 0.3) is 22.3 Å². The Labute approximate surface area is 390 Å². The minimum absolute atomic E-state index is 0.164. The number of nitrogens with one attached hydrogen (secondary N) is 1. The summed E-state index contributed by atoms with van der Waals surface area (Å²) in [5, 5.41) is 3.25. The molecule has 1 aliphatic carbocycles. The maximum absolute atomic E-state index is 13.7. The second kappa shape index (κ2) is 21.3. The second-order valence-electron chi connectivity index (χ2n) is 17.7. The van der Waals surface area contributed by atoms with E-state index in [0.717, 1.165) is 87.1 Å². The van der Waals surface area contributed by atoms with Gasteiger partial charge in [-0.05, 0) is 69.5 Å². The molecule has 9 rings (SSSR count). The Hall–Kier alpha value is -5.31. The van der Waals surface area contributed by atoms with Crippen molar-refractivity contribution in [2.24, 2.45) is 0 Å². The van der Waals surface area contributed by atoms with Gasteiger partial charge >= 0.3 is 12.4 Å². The molecule has 0 aromatic heterocycles. The van der Waals surface area contributed by atoms with Gasteiger partial charge in [0.2, 0.25) is 10.0 Å². The first-order valence-electron chi connectivity index (χ1n) is 23.0. The first-order chi connectivity index (χ1) is 32.2. The molecule has 3 aliphatic rings. The molecule has 3 fully saturated rings. The zero-order valence-electron chi connectivity index (χ0n) is 37.3. The number of hydrogen-bond acceptors (Lipinski definition) is 5. The average Bonchev–Trinajstić information content (AvgIpc) is 3.35. The van der Waals surface area contributed by atoms with Crippen LogP contribution in [-0.2, 0) is 35.5 Å². The van der Waals surface area contributed by atoms with Gasteiger partial charge in [0, 0.05) is 58.4 Å². The standard InChI is InChI=1S/C30H33F3N2O2S.C24H23F3N2/c31-30(32,33)28-14-8-7-13-27(28)24-17-15-23(16-18-24)21-34-19-20-35(29(22-34)25-9-3-1-4-10-25)38(36,37)26-11-5-2-6-12-26;25-24(26,27)22-9-5-4-8-21(22)19-12-10-18(11-13-19)16-29-15-14-28-23(17-29)20-6-2-1-3-7-20/h1,3-4,7-10,13-18,26,29H,2,5-6,11-12,19-22H2;1-13,23,28H,14-17H2. The van der Waals surface area contributed by atoms with Crippen molar-refractivity contribution in [3.63, 3.8) is 0 Å². The average molecular weight is 939 g/mol. The predicted molar refractivity (Wildman–Crippen MR) is 253 cm³/mol. The van der Waals surface area contributed by atoms with Gasteiger partial charge in [-0.25, -0.2) is 8.42 Å². The van der Waals surface area contributed by atoms with Crippen molar-refractivity contribution in [3.05, 3.63) is 191 Å². The molecule has 1 N–H and O–H groups in total. The molecule has 0 amide bonds. The molecule has 67 heavy (non-hydrogen) atoms. The number of alkyl halides is 6. The van der Waals surface area contributed by atoms with Gasteiger partial charge in [0.1, 0.15) is 0 Å². The molecule has 2 heterocycles. The van der Waals surface area contributed by atoms with E-state index in [1.54, 1.807) is 40.7 Å². The van der Waals surface area contributed by atoms with Gasteiger partial charge in [0.05, 0.1) is 22.4 Å². The number of sulfonamides is 1. The quantitative estimate of drug-likeness (QED) is 0.139. The minimum atomic E-state index is -4.42. The summed E-state index contributed by atoms with van der Waals surface area (Å²) in [4.78, 5) is 4.62. The van der Waals surface area contributed by atoms with E-state index in [0.29, 0.717) is 43.3 Å². The van der Waals surface area contributed by atoms with Gasteiger partial charge < -0.3 is 5.32 Å². The highest BCUT2D eigenvalue weighted by molar-refractivity contribution is 7.89. The molecule has 0 radical (unpaired) electrons. The lowest BCUT2D eigenvalue weighted by molar-refractivity contribution is -0.137. The summed E-state index contributed by atoms with van der Waals surface area (Å²) in [6.45, 7) is 5.74. The molecule has 2 unspecified atom stereocenters. The SMILES string of the molecule is FC(F)(F)c1ccccc1-c1ccc(CN2CCNC(c3ccccc3)C2)cc1.O=S(=O)(C1CCCCC1)N1CCN(Cc2ccc(-c3ccccc3C(F)(F)F)cc2)CC1c1ccccc1. The largest absolute Gasteiger partial charge is 0.417 e. The number of hydrogen-bond donors (Lipinski definition) is 1. The van der Waals surface area contributed by atoms with Gasteiger partial charge in [0.25, 0.3) is 0 Å². The fourth-order valence-corrected chi connectivity index (χ4v) is 11.9. The van der Waals surface area contributed by atoms with Crippen LogP contribution >= 0.6 is 0 Å². The Bertz CT molecular complexity index is 2620. The van der Waals surface area contributed by atoms with Gasteiger partial charge in [-0.15, -0.1) is 0 Å². The maximum Gasteiger partial charge on any atom is 0.417 e. The highest BCUT2D eigenvalue weighted by Gasteiger charge is 2.41. The molecular formula is C54H56F6N4O2S.